The van der Waals surface area contributed by atoms with E-state index in [1.165, 1.54) is 57.8 Å². The first-order chi connectivity index (χ1) is 9.09. The monoisotopic (exact) mass is 266 g/mol. The predicted octanol–water partition coefficient (Wildman–Crippen LogP) is 3.79. The highest BCUT2D eigenvalue weighted by Crippen LogP contribution is 2.41. The van der Waals surface area contributed by atoms with Crippen molar-refractivity contribution in [1.82, 2.24) is 4.90 Å². The smallest absolute Gasteiger partial charge is 0.0334 e. The lowest BCUT2D eigenvalue weighted by molar-refractivity contribution is 0.00634. The quantitative estimate of drug-likeness (QED) is 0.787. The number of likely N-dealkylation sites (N-methyl/N-ethyl adjacent to an activating group) is 1. The van der Waals surface area contributed by atoms with E-state index in [-0.39, 0.29) is 0 Å². The van der Waals surface area contributed by atoms with E-state index in [9.17, 15) is 0 Å². The van der Waals surface area contributed by atoms with Crippen molar-refractivity contribution in [1.29, 1.82) is 0 Å². The van der Waals surface area contributed by atoms with Crippen LogP contribution in [0, 0.1) is 11.8 Å². The second-order valence-corrected chi connectivity index (χ2v) is 7.38. The molecule has 0 heterocycles. The Kier molecular flexibility index (Phi) is 5.30. The van der Waals surface area contributed by atoms with Gasteiger partial charge in [0, 0.05) is 18.1 Å². The highest BCUT2D eigenvalue weighted by molar-refractivity contribution is 4.98. The van der Waals surface area contributed by atoms with Gasteiger partial charge in [0.05, 0.1) is 0 Å². The van der Waals surface area contributed by atoms with Crippen LogP contribution in [0.4, 0.5) is 0 Å². The summed E-state index contributed by atoms with van der Waals surface area (Å²) in [6.07, 6.45) is 12.5. The summed E-state index contributed by atoms with van der Waals surface area (Å²) >= 11 is 0. The Balaban J connectivity index is 2.06. The lowest BCUT2D eigenvalue weighted by Gasteiger charge is -2.51. The van der Waals surface area contributed by atoms with Crippen LogP contribution in [0.1, 0.15) is 71.6 Å². The summed E-state index contributed by atoms with van der Waals surface area (Å²) in [4.78, 5) is 2.71. The van der Waals surface area contributed by atoms with Crippen molar-refractivity contribution in [2.45, 2.75) is 83.2 Å². The van der Waals surface area contributed by atoms with E-state index in [1.54, 1.807) is 0 Å². The number of rotatable bonds is 3. The molecule has 0 saturated heterocycles. The molecule has 0 aromatic carbocycles. The van der Waals surface area contributed by atoms with Gasteiger partial charge in [-0.1, -0.05) is 39.5 Å². The maximum absolute atomic E-state index is 6.25. The van der Waals surface area contributed by atoms with Crippen molar-refractivity contribution < 1.29 is 0 Å². The van der Waals surface area contributed by atoms with Crippen LogP contribution in [0.2, 0.25) is 0 Å². The molecule has 0 radical (unpaired) electrons. The van der Waals surface area contributed by atoms with Crippen LogP contribution in [-0.4, -0.2) is 30.1 Å². The fourth-order valence-electron chi connectivity index (χ4n) is 4.37. The van der Waals surface area contributed by atoms with Crippen LogP contribution in [0.25, 0.3) is 0 Å². The van der Waals surface area contributed by atoms with E-state index in [0.717, 1.165) is 24.4 Å². The van der Waals surface area contributed by atoms with Crippen molar-refractivity contribution in [3.8, 4) is 0 Å². The van der Waals surface area contributed by atoms with E-state index in [1.807, 2.05) is 0 Å². The summed E-state index contributed by atoms with van der Waals surface area (Å²) in [6.45, 7) is 5.68. The first-order valence-electron chi connectivity index (χ1n) is 8.52. The summed E-state index contributed by atoms with van der Waals surface area (Å²) in [6, 6.07) is 0.784. The average molecular weight is 266 g/mol. The summed E-state index contributed by atoms with van der Waals surface area (Å²) < 4.78 is 0. The largest absolute Gasteiger partial charge is 0.329 e. The minimum absolute atomic E-state index is 0.293. The summed E-state index contributed by atoms with van der Waals surface area (Å²) in [5.41, 5.74) is 6.54. The molecule has 0 bridgehead atoms. The van der Waals surface area contributed by atoms with Crippen molar-refractivity contribution in [2.24, 2.45) is 17.6 Å². The van der Waals surface area contributed by atoms with E-state index < -0.39 is 0 Å². The summed E-state index contributed by atoms with van der Waals surface area (Å²) in [5, 5.41) is 0. The van der Waals surface area contributed by atoms with Gasteiger partial charge in [0.15, 0.2) is 0 Å². The molecule has 2 saturated carbocycles. The Hall–Kier alpha value is -0.0800. The second-order valence-electron chi connectivity index (χ2n) is 7.38. The normalized spacial score (nSPS) is 38.4. The van der Waals surface area contributed by atoms with Crippen molar-refractivity contribution in [3.05, 3.63) is 0 Å². The zero-order valence-electron chi connectivity index (χ0n) is 13.3. The molecule has 2 rings (SSSR count). The van der Waals surface area contributed by atoms with Gasteiger partial charge >= 0.3 is 0 Å². The molecular weight excluding hydrogens is 232 g/mol. The molecule has 2 heteroatoms. The number of hydrogen-bond donors (Lipinski definition) is 1. The van der Waals surface area contributed by atoms with Crippen LogP contribution in [0.3, 0.4) is 0 Å². The van der Waals surface area contributed by atoms with Gasteiger partial charge in [-0.05, 0) is 51.0 Å². The van der Waals surface area contributed by atoms with Crippen LogP contribution in [0.15, 0.2) is 0 Å². The molecule has 2 aliphatic carbocycles. The van der Waals surface area contributed by atoms with E-state index in [0.29, 0.717) is 5.54 Å². The SMILES string of the molecule is CC1CCC(CN)(N(C)C2CCCCCC2)CC1C. The number of nitrogens with two attached hydrogens (primary N) is 1. The van der Waals surface area contributed by atoms with Crippen LogP contribution >= 0.6 is 0 Å². The van der Waals surface area contributed by atoms with Gasteiger partial charge in [-0.2, -0.15) is 0 Å². The Morgan fingerprint density at radius 3 is 2.16 bits per heavy atom. The fourth-order valence-corrected chi connectivity index (χ4v) is 4.37. The minimum atomic E-state index is 0.293. The lowest BCUT2D eigenvalue weighted by atomic mass is 9.70. The Morgan fingerprint density at radius 2 is 1.63 bits per heavy atom. The topological polar surface area (TPSA) is 29.3 Å². The van der Waals surface area contributed by atoms with Gasteiger partial charge in [-0.15, -0.1) is 0 Å². The van der Waals surface area contributed by atoms with Gasteiger partial charge in [-0.25, -0.2) is 0 Å². The highest BCUT2D eigenvalue weighted by atomic mass is 15.2. The molecule has 2 N–H and O–H groups in total. The van der Waals surface area contributed by atoms with Crippen LogP contribution in [-0.2, 0) is 0 Å². The van der Waals surface area contributed by atoms with Gasteiger partial charge in [-0.3, -0.25) is 4.90 Å². The molecule has 0 aromatic heterocycles. The van der Waals surface area contributed by atoms with E-state index in [4.69, 9.17) is 5.73 Å². The minimum Gasteiger partial charge on any atom is -0.329 e. The standard InChI is InChI=1S/C17H34N2/c1-14-10-11-17(13-18,12-15(14)2)19(3)16-8-6-4-5-7-9-16/h14-16H,4-13,18H2,1-3H3. The molecular formula is C17H34N2. The van der Waals surface area contributed by atoms with Gasteiger partial charge in [0.1, 0.15) is 0 Å². The van der Waals surface area contributed by atoms with Crippen LogP contribution in [0.5, 0.6) is 0 Å². The third kappa shape index (κ3) is 3.33. The molecule has 19 heavy (non-hydrogen) atoms. The molecule has 112 valence electrons. The predicted molar refractivity (Wildman–Crippen MR) is 83.2 cm³/mol. The van der Waals surface area contributed by atoms with Crippen molar-refractivity contribution >= 4 is 0 Å². The summed E-state index contributed by atoms with van der Waals surface area (Å²) in [5.74, 6) is 1.70. The molecule has 3 unspecified atom stereocenters. The Morgan fingerprint density at radius 1 is 1.00 bits per heavy atom. The third-order valence-electron chi connectivity index (χ3n) is 6.24. The first kappa shape index (κ1) is 15.3. The number of hydrogen-bond acceptors (Lipinski definition) is 2. The van der Waals surface area contributed by atoms with E-state index in [2.05, 4.69) is 25.8 Å². The lowest BCUT2D eigenvalue weighted by Crippen LogP contribution is -2.58. The third-order valence-corrected chi connectivity index (χ3v) is 6.24. The Bertz CT molecular complexity index is 270. The second kappa shape index (κ2) is 6.58. The van der Waals surface area contributed by atoms with Gasteiger partial charge in [0.25, 0.3) is 0 Å². The fraction of sp³-hybridized carbons (Fsp3) is 1.00. The Labute approximate surface area is 120 Å². The first-order valence-corrected chi connectivity index (χ1v) is 8.52. The van der Waals surface area contributed by atoms with Gasteiger partial charge in [0.2, 0.25) is 0 Å². The molecule has 0 aromatic rings. The highest BCUT2D eigenvalue weighted by Gasteiger charge is 2.41. The molecule has 3 atom stereocenters. The number of nitrogens with zero attached hydrogens (tertiary/aromatic N) is 1. The van der Waals surface area contributed by atoms with E-state index >= 15 is 0 Å². The molecule has 0 spiro atoms. The zero-order chi connectivity index (χ0) is 13.9. The summed E-state index contributed by atoms with van der Waals surface area (Å²) in [7, 11) is 2.37. The van der Waals surface area contributed by atoms with Crippen molar-refractivity contribution in [3.63, 3.8) is 0 Å². The molecule has 2 nitrogen and oxygen atoms in total. The van der Waals surface area contributed by atoms with Crippen LogP contribution < -0.4 is 5.73 Å². The zero-order valence-corrected chi connectivity index (χ0v) is 13.3. The average Bonchev–Trinajstić information content (AvgIpc) is 2.70. The maximum atomic E-state index is 6.25. The molecule has 2 fully saturated rings. The van der Waals surface area contributed by atoms with Gasteiger partial charge < -0.3 is 5.73 Å². The maximum Gasteiger partial charge on any atom is 0.0334 e. The molecule has 2 aliphatic rings. The molecule has 0 aliphatic heterocycles. The molecule has 0 amide bonds. The van der Waals surface area contributed by atoms with Crippen molar-refractivity contribution in [2.75, 3.05) is 13.6 Å².